The number of carbonyl (C=O) groups is 1. The number of amides is 1. The zero-order chi connectivity index (χ0) is 18.7. The molecule has 26 heavy (non-hydrogen) atoms. The SMILES string of the molecule is CCN(CC)C(=O)[C@H]1CCCN(Cc2nc3ccccc3n2C(C)C)C1. The van der Waals surface area contributed by atoms with Gasteiger partial charge in [-0.2, -0.15) is 0 Å². The van der Waals surface area contributed by atoms with Gasteiger partial charge < -0.3 is 9.47 Å². The predicted octanol–water partition coefficient (Wildman–Crippen LogP) is 3.70. The van der Waals surface area contributed by atoms with Crippen molar-refractivity contribution in [1.29, 1.82) is 0 Å². The van der Waals surface area contributed by atoms with Crippen LogP contribution >= 0.6 is 0 Å². The summed E-state index contributed by atoms with van der Waals surface area (Å²) in [6.07, 6.45) is 2.09. The van der Waals surface area contributed by atoms with Gasteiger partial charge in [0.1, 0.15) is 5.82 Å². The van der Waals surface area contributed by atoms with Gasteiger partial charge in [-0.1, -0.05) is 12.1 Å². The fraction of sp³-hybridized carbons (Fsp3) is 0.619. The van der Waals surface area contributed by atoms with Gasteiger partial charge in [-0.05, 0) is 59.2 Å². The number of hydrogen-bond donors (Lipinski definition) is 0. The molecule has 1 atom stereocenters. The first-order chi connectivity index (χ1) is 12.5. The molecule has 1 amide bonds. The van der Waals surface area contributed by atoms with Crippen molar-refractivity contribution in [2.75, 3.05) is 26.2 Å². The fourth-order valence-corrected chi connectivity index (χ4v) is 4.18. The first-order valence-electron chi connectivity index (χ1n) is 10.0. The van der Waals surface area contributed by atoms with Crippen LogP contribution in [0.1, 0.15) is 52.4 Å². The van der Waals surface area contributed by atoms with Crippen LogP contribution < -0.4 is 0 Å². The number of nitrogens with zero attached hydrogens (tertiary/aromatic N) is 4. The molecule has 0 bridgehead atoms. The Hall–Kier alpha value is -1.88. The molecule has 2 heterocycles. The lowest BCUT2D eigenvalue weighted by Gasteiger charge is -2.34. The zero-order valence-electron chi connectivity index (χ0n) is 16.6. The molecule has 0 N–H and O–H groups in total. The zero-order valence-corrected chi connectivity index (χ0v) is 16.6. The number of fused-ring (bicyclic) bond motifs is 1. The number of hydrogen-bond acceptors (Lipinski definition) is 3. The molecule has 1 aromatic carbocycles. The van der Waals surface area contributed by atoms with Crippen LogP contribution in [0.4, 0.5) is 0 Å². The molecule has 1 aliphatic rings. The number of likely N-dealkylation sites (tertiary alicyclic amines) is 1. The van der Waals surface area contributed by atoms with Crippen molar-refractivity contribution in [3.05, 3.63) is 30.1 Å². The van der Waals surface area contributed by atoms with Crippen LogP contribution in [0.5, 0.6) is 0 Å². The van der Waals surface area contributed by atoms with Crippen LogP contribution in [-0.4, -0.2) is 51.4 Å². The van der Waals surface area contributed by atoms with E-state index >= 15 is 0 Å². The van der Waals surface area contributed by atoms with Crippen molar-refractivity contribution in [3.8, 4) is 0 Å². The van der Waals surface area contributed by atoms with Crippen LogP contribution in [0.15, 0.2) is 24.3 Å². The van der Waals surface area contributed by atoms with Crippen LogP contribution in [0, 0.1) is 5.92 Å². The Morgan fingerprint density at radius 2 is 2.00 bits per heavy atom. The molecule has 0 spiro atoms. The highest BCUT2D eigenvalue weighted by atomic mass is 16.2. The van der Waals surface area contributed by atoms with Crippen LogP contribution in [0.25, 0.3) is 11.0 Å². The van der Waals surface area contributed by atoms with Crippen LogP contribution in [0.2, 0.25) is 0 Å². The third-order valence-corrected chi connectivity index (χ3v) is 5.48. The van der Waals surface area contributed by atoms with Gasteiger partial charge in [-0.3, -0.25) is 9.69 Å². The standard InChI is InChI=1S/C21H32N4O/c1-5-24(6-2)21(26)17-10-9-13-23(14-17)15-20-22-18-11-7-8-12-19(18)25(20)16(3)4/h7-8,11-12,16-17H,5-6,9-10,13-15H2,1-4H3/t17-/m0/s1. The Balaban J connectivity index is 1.78. The molecule has 0 unspecified atom stereocenters. The third kappa shape index (κ3) is 3.78. The van der Waals surface area contributed by atoms with Crippen molar-refractivity contribution in [2.24, 2.45) is 5.92 Å². The Kier molecular flexibility index (Phi) is 5.97. The van der Waals surface area contributed by atoms with E-state index in [4.69, 9.17) is 4.98 Å². The van der Waals surface area contributed by atoms with E-state index < -0.39 is 0 Å². The number of piperidine rings is 1. The normalized spacial score (nSPS) is 18.6. The molecule has 1 aromatic heterocycles. The summed E-state index contributed by atoms with van der Waals surface area (Å²) in [4.78, 5) is 22.0. The average Bonchev–Trinajstić information content (AvgIpc) is 3.00. The van der Waals surface area contributed by atoms with Gasteiger partial charge in [-0.15, -0.1) is 0 Å². The van der Waals surface area contributed by atoms with Crippen molar-refractivity contribution in [3.63, 3.8) is 0 Å². The van der Waals surface area contributed by atoms with Gasteiger partial charge in [0.05, 0.1) is 23.5 Å². The number of rotatable bonds is 6. The summed E-state index contributed by atoms with van der Waals surface area (Å²) in [6.45, 7) is 12.8. The largest absolute Gasteiger partial charge is 0.343 e. The maximum Gasteiger partial charge on any atom is 0.226 e. The monoisotopic (exact) mass is 356 g/mol. The predicted molar refractivity (Wildman–Crippen MR) is 106 cm³/mol. The Bertz CT molecular complexity index is 748. The van der Waals surface area contributed by atoms with Crippen molar-refractivity contribution in [2.45, 2.75) is 53.1 Å². The number of imidazole rings is 1. The minimum Gasteiger partial charge on any atom is -0.343 e. The third-order valence-electron chi connectivity index (χ3n) is 5.48. The maximum atomic E-state index is 12.8. The molecule has 0 radical (unpaired) electrons. The summed E-state index contributed by atoms with van der Waals surface area (Å²) in [6, 6.07) is 8.72. The molecule has 1 aliphatic heterocycles. The van der Waals surface area contributed by atoms with Gasteiger partial charge >= 0.3 is 0 Å². The highest BCUT2D eigenvalue weighted by molar-refractivity contribution is 5.79. The van der Waals surface area contributed by atoms with Crippen molar-refractivity contribution in [1.82, 2.24) is 19.4 Å². The minimum atomic E-state index is 0.125. The van der Waals surface area contributed by atoms with E-state index in [0.717, 1.165) is 56.9 Å². The lowest BCUT2D eigenvalue weighted by Crippen LogP contribution is -2.44. The summed E-state index contributed by atoms with van der Waals surface area (Å²) in [5.41, 5.74) is 2.26. The number of benzene rings is 1. The Morgan fingerprint density at radius 3 is 2.69 bits per heavy atom. The highest BCUT2D eigenvalue weighted by Gasteiger charge is 2.29. The molecule has 5 nitrogen and oxygen atoms in total. The first kappa shape index (κ1) is 18.9. The van der Waals surface area contributed by atoms with E-state index in [1.165, 1.54) is 5.52 Å². The molecule has 5 heteroatoms. The molecule has 3 rings (SSSR count). The fourth-order valence-electron chi connectivity index (χ4n) is 4.18. The van der Waals surface area contributed by atoms with Crippen LogP contribution in [-0.2, 0) is 11.3 Å². The van der Waals surface area contributed by atoms with Gasteiger partial charge in [0.15, 0.2) is 0 Å². The molecule has 2 aromatic rings. The molecule has 1 saturated heterocycles. The second-order valence-electron chi connectivity index (χ2n) is 7.57. The summed E-state index contributed by atoms with van der Waals surface area (Å²) in [5.74, 6) is 1.55. The molecular weight excluding hydrogens is 324 g/mol. The molecule has 1 fully saturated rings. The van der Waals surface area contributed by atoms with E-state index in [1.807, 2.05) is 11.0 Å². The van der Waals surface area contributed by atoms with Gasteiger partial charge in [0.2, 0.25) is 5.91 Å². The van der Waals surface area contributed by atoms with E-state index in [-0.39, 0.29) is 5.92 Å². The second kappa shape index (κ2) is 8.21. The first-order valence-corrected chi connectivity index (χ1v) is 10.0. The van der Waals surface area contributed by atoms with E-state index in [0.29, 0.717) is 11.9 Å². The number of carbonyl (C=O) groups excluding carboxylic acids is 1. The molecule has 0 saturated carbocycles. The quantitative estimate of drug-likeness (QED) is 0.792. The van der Waals surface area contributed by atoms with Gasteiger partial charge in [-0.25, -0.2) is 4.98 Å². The summed E-state index contributed by atoms with van der Waals surface area (Å²) < 4.78 is 2.34. The number of aromatic nitrogens is 2. The smallest absolute Gasteiger partial charge is 0.226 e. The second-order valence-corrected chi connectivity index (χ2v) is 7.57. The summed E-state index contributed by atoms with van der Waals surface area (Å²) in [5, 5.41) is 0. The summed E-state index contributed by atoms with van der Waals surface area (Å²) >= 11 is 0. The number of para-hydroxylation sites is 2. The highest BCUT2D eigenvalue weighted by Crippen LogP contribution is 2.25. The lowest BCUT2D eigenvalue weighted by atomic mass is 9.96. The van der Waals surface area contributed by atoms with E-state index in [9.17, 15) is 4.79 Å². The van der Waals surface area contributed by atoms with Crippen molar-refractivity contribution >= 4 is 16.9 Å². The minimum absolute atomic E-state index is 0.125. The molecule has 0 aliphatic carbocycles. The molecular formula is C21H32N4O. The topological polar surface area (TPSA) is 41.4 Å². The summed E-state index contributed by atoms with van der Waals surface area (Å²) in [7, 11) is 0. The van der Waals surface area contributed by atoms with E-state index in [1.54, 1.807) is 0 Å². The van der Waals surface area contributed by atoms with Crippen LogP contribution in [0.3, 0.4) is 0 Å². The van der Waals surface area contributed by atoms with E-state index in [2.05, 4.69) is 55.4 Å². The Morgan fingerprint density at radius 1 is 1.27 bits per heavy atom. The maximum absolute atomic E-state index is 12.8. The molecule has 142 valence electrons. The van der Waals surface area contributed by atoms with Gasteiger partial charge in [0, 0.05) is 25.7 Å². The van der Waals surface area contributed by atoms with Gasteiger partial charge in [0.25, 0.3) is 0 Å². The van der Waals surface area contributed by atoms with Crippen molar-refractivity contribution < 1.29 is 4.79 Å². The lowest BCUT2D eigenvalue weighted by molar-refractivity contribution is -0.137. The average molecular weight is 357 g/mol. The Labute approximate surface area is 157 Å².